The maximum atomic E-state index is 3.91. The summed E-state index contributed by atoms with van der Waals surface area (Å²) < 4.78 is 0. The molecule has 0 aliphatic carbocycles. The predicted octanol–water partition coefficient (Wildman–Crippen LogP) is 3.76. The Bertz CT molecular complexity index is 510. The largest absolute Gasteiger partial charge is 0.316 e. The van der Waals surface area contributed by atoms with Crippen LogP contribution in [0, 0.1) is 13.8 Å². The topological polar surface area (TPSA) is 24.4 Å². The fourth-order valence-corrected chi connectivity index (χ4v) is 1.71. The zero-order chi connectivity index (χ0) is 14.8. The third kappa shape index (κ3) is 6.30. The van der Waals surface area contributed by atoms with Gasteiger partial charge in [0.25, 0.3) is 0 Å². The van der Waals surface area contributed by atoms with Crippen LogP contribution in [0.15, 0.2) is 53.5 Å². The average molecular weight is 268 g/mol. The molecular weight excluding hydrogens is 244 g/mol. The van der Waals surface area contributed by atoms with E-state index in [2.05, 4.69) is 72.7 Å². The Morgan fingerprint density at radius 3 is 1.85 bits per heavy atom. The molecule has 0 aromatic heterocycles. The Hall–Kier alpha value is -1.93. The van der Waals surface area contributed by atoms with Gasteiger partial charge in [-0.1, -0.05) is 59.7 Å². The van der Waals surface area contributed by atoms with Crippen molar-refractivity contribution in [1.29, 1.82) is 0 Å². The Labute approximate surface area is 122 Å². The molecule has 0 saturated carbocycles. The van der Waals surface area contributed by atoms with Crippen molar-refractivity contribution in [3.8, 4) is 0 Å². The van der Waals surface area contributed by atoms with Crippen LogP contribution < -0.4 is 5.32 Å². The summed E-state index contributed by atoms with van der Waals surface area (Å²) in [6.07, 6.45) is 1.85. The first-order valence-electron chi connectivity index (χ1n) is 6.84. The van der Waals surface area contributed by atoms with Crippen molar-refractivity contribution in [2.75, 3.05) is 14.1 Å². The number of aliphatic imine (C=N–C) groups is 1. The van der Waals surface area contributed by atoms with E-state index in [1.165, 1.54) is 16.7 Å². The molecule has 2 aromatic rings. The molecule has 2 nitrogen and oxygen atoms in total. The Morgan fingerprint density at radius 2 is 1.40 bits per heavy atom. The molecule has 0 unspecified atom stereocenters. The summed E-state index contributed by atoms with van der Waals surface area (Å²) in [7, 11) is 3.74. The van der Waals surface area contributed by atoms with E-state index in [0.717, 1.165) is 12.1 Å². The van der Waals surface area contributed by atoms with Gasteiger partial charge in [-0.3, -0.25) is 4.99 Å². The molecule has 2 rings (SSSR count). The molecule has 0 radical (unpaired) electrons. The molecule has 0 spiro atoms. The monoisotopic (exact) mass is 268 g/mol. The number of benzene rings is 2. The number of aryl methyl sites for hydroxylation is 2. The van der Waals surface area contributed by atoms with E-state index < -0.39 is 0 Å². The Kier molecular flexibility index (Phi) is 7.30. The molecule has 0 saturated heterocycles. The molecular formula is C18H24N2. The van der Waals surface area contributed by atoms with Gasteiger partial charge < -0.3 is 5.32 Å². The van der Waals surface area contributed by atoms with Gasteiger partial charge in [-0.2, -0.15) is 0 Å². The third-order valence-electron chi connectivity index (χ3n) is 2.86. The third-order valence-corrected chi connectivity index (χ3v) is 2.86. The van der Waals surface area contributed by atoms with Gasteiger partial charge in [-0.15, -0.1) is 0 Å². The van der Waals surface area contributed by atoms with Crippen molar-refractivity contribution in [3.05, 3.63) is 70.8 Å². The summed E-state index contributed by atoms with van der Waals surface area (Å²) in [5, 5.41) is 3.10. The van der Waals surface area contributed by atoms with E-state index in [4.69, 9.17) is 0 Å². The Morgan fingerprint density at radius 1 is 0.900 bits per heavy atom. The summed E-state index contributed by atoms with van der Waals surface area (Å²) in [6.45, 7) is 5.14. The second-order valence-corrected chi connectivity index (χ2v) is 4.81. The predicted molar refractivity (Wildman–Crippen MR) is 88.6 cm³/mol. The van der Waals surface area contributed by atoms with E-state index in [1.54, 1.807) is 7.05 Å². The molecule has 20 heavy (non-hydrogen) atoms. The molecule has 0 fully saturated rings. The van der Waals surface area contributed by atoms with Gasteiger partial charge in [0.05, 0.1) is 0 Å². The highest BCUT2D eigenvalue weighted by Crippen LogP contribution is 2.01. The standard InChI is InChI=1S/C9H13N.C9H11N/c2*1-8-3-5-9(6-4-8)7-10-2/h3-6,10H,7H2,1-2H3;3-7H,1-2H3. The maximum Gasteiger partial charge on any atom is 0.0281 e. The molecule has 2 aromatic carbocycles. The number of hydrogen-bond acceptors (Lipinski definition) is 2. The molecule has 0 bridgehead atoms. The molecule has 2 heteroatoms. The zero-order valence-corrected chi connectivity index (χ0v) is 12.9. The van der Waals surface area contributed by atoms with Crippen LogP contribution in [0.1, 0.15) is 22.3 Å². The van der Waals surface area contributed by atoms with Crippen molar-refractivity contribution in [2.45, 2.75) is 20.4 Å². The summed E-state index contributed by atoms with van der Waals surface area (Å²) in [4.78, 5) is 3.91. The SMILES string of the molecule is CN=Cc1ccc(C)cc1.CNCc1ccc(C)cc1. The fourth-order valence-electron chi connectivity index (χ4n) is 1.71. The highest BCUT2D eigenvalue weighted by Gasteiger charge is 1.87. The van der Waals surface area contributed by atoms with Crippen LogP contribution in [0.5, 0.6) is 0 Å². The minimum absolute atomic E-state index is 0.959. The minimum Gasteiger partial charge on any atom is -0.316 e. The van der Waals surface area contributed by atoms with Crippen molar-refractivity contribution >= 4 is 6.21 Å². The first-order valence-corrected chi connectivity index (χ1v) is 6.84. The number of hydrogen-bond donors (Lipinski definition) is 1. The van der Waals surface area contributed by atoms with Crippen LogP contribution >= 0.6 is 0 Å². The molecule has 1 N–H and O–H groups in total. The molecule has 0 amide bonds. The molecule has 0 atom stereocenters. The zero-order valence-electron chi connectivity index (χ0n) is 12.9. The van der Waals surface area contributed by atoms with Gasteiger partial charge >= 0.3 is 0 Å². The quantitative estimate of drug-likeness (QED) is 0.842. The first-order chi connectivity index (χ1) is 9.65. The van der Waals surface area contributed by atoms with Crippen LogP contribution in [0.25, 0.3) is 0 Å². The van der Waals surface area contributed by atoms with E-state index in [9.17, 15) is 0 Å². The lowest BCUT2D eigenvalue weighted by Crippen LogP contribution is -2.04. The van der Waals surface area contributed by atoms with Gasteiger partial charge in [0.2, 0.25) is 0 Å². The second kappa shape index (κ2) is 9.05. The number of nitrogens with one attached hydrogen (secondary N) is 1. The van der Waals surface area contributed by atoms with Crippen molar-refractivity contribution in [2.24, 2.45) is 4.99 Å². The van der Waals surface area contributed by atoms with E-state index >= 15 is 0 Å². The highest BCUT2D eigenvalue weighted by atomic mass is 14.8. The maximum absolute atomic E-state index is 3.91. The van der Waals surface area contributed by atoms with Crippen LogP contribution in [-0.2, 0) is 6.54 Å². The molecule has 106 valence electrons. The molecule has 0 heterocycles. The molecule has 0 aliphatic heterocycles. The summed E-state index contributed by atoms with van der Waals surface area (Å²) >= 11 is 0. The van der Waals surface area contributed by atoms with E-state index in [0.29, 0.717) is 0 Å². The normalized spacial score (nSPS) is 10.2. The lowest BCUT2D eigenvalue weighted by atomic mass is 10.1. The van der Waals surface area contributed by atoms with Crippen LogP contribution in [-0.4, -0.2) is 20.3 Å². The minimum atomic E-state index is 0.959. The van der Waals surface area contributed by atoms with Crippen molar-refractivity contribution in [3.63, 3.8) is 0 Å². The summed E-state index contributed by atoms with van der Waals surface area (Å²) in [6, 6.07) is 16.8. The van der Waals surface area contributed by atoms with Gasteiger partial charge in [0.1, 0.15) is 0 Å². The smallest absolute Gasteiger partial charge is 0.0281 e. The van der Waals surface area contributed by atoms with E-state index in [1.807, 2.05) is 13.3 Å². The summed E-state index contributed by atoms with van der Waals surface area (Å²) in [5.74, 6) is 0. The Balaban J connectivity index is 0.000000200. The lowest BCUT2D eigenvalue weighted by Gasteiger charge is -1.98. The molecule has 0 aliphatic rings. The first kappa shape index (κ1) is 16.1. The average Bonchev–Trinajstić information content (AvgIpc) is 2.45. The lowest BCUT2D eigenvalue weighted by molar-refractivity contribution is 0.817. The van der Waals surface area contributed by atoms with Crippen LogP contribution in [0.4, 0.5) is 0 Å². The second-order valence-electron chi connectivity index (χ2n) is 4.81. The van der Waals surface area contributed by atoms with Crippen LogP contribution in [0.2, 0.25) is 0 Å². The van der Waals surface area contributed by atoms with Gasteiger partial charge in [-0.05, 0) is 32.0 Å². The fraction of sp³-hybridized carbons (Fsp3) is 0.278. The van der Waals surface area contributed by atoms with E-state index in [-0.39, 0.29) is 0 Å². The van der Waals surface area contributed by atoms with Crippen LogP contribution in [0.3, 0.4) is 0 Å². The van der Waals surface area contributed by atoms with Crippen molar-refractivity contribution < 1.29 is 0 Å². The summed E-state index contributed by atoms with van der Waals surface area (Å²) in [5.41, 5.74) is 5.11. The van der Waals surface area contributed by atoms with Gasteiger partial charge in [0.15, 0.2) is 0 Å². The number of rotatable bonds is 3. The van der Waals surface area contributed by atoms with Gasteiger partial charge in [0, 0.05) is 19.8 Å². The van der Waals surface area contributed by atoms with Gasteiger partial charge in [-0.25, -0.2) is 0 Å². The number of nitrogens with zero attached hydrogens (tertiary/aromatic N) is 1. The van der Waals surface area contributed by atoms with Crippen molar-refractivity contribution in [1.82, 2.24) is 5.32 Å². The highest BCUT2D eigenvalue weighted by molar-refractivity contribution is 5.79.